The molecule has 4 aliphatic carbocycles. The molecule has 0 radical (unpaired) electrons. The molecule has 34 heavy (non-hydrogen) atoms. The number of ether oxygens (including phenoxy) is 1. The van der Waals surface area contributed by atoms with Crippen LogP contribution in [0.5, 0.6) is 0 Å². The molecule has 8 atom stereocenters. The highest BCUT2D eigenvalue weighted by Gasteiger charge is 2.76. The van der Waals surface area contributed by atoms with Gasteiger partial charge in [-0.05, 0) is 72.1 Å². The molecule has 2 heterocycles. The van der Waals surface area contributed by atoms with Crippen molar-refractivity contribution in [3.05, 3.63) is 46.2 Å². The Labute approximate surface area is 204 Å². The van der Waals surface area contributed by atoms with Crippen molar-refractivity contribution < 1.29 is 24.3 Å². The van der Waals surface area contributed by atoms with Crippen LogP contribution in [0.2, 0.25) is 0 Å². The molecule has 0 bridgehead atoms. The van der Waals surface area contributed by atoms with Crippen molar-refractivity contribution in [1.29, 1.82) is 0 Å². The highest BCUT2D eigenvalue weighted by molar-refractivity contribution is 7.07. The van der Waals surface area contributed by atoms with E-state index in [1.165, 1.54) is 12.7 Å². The van der Waals surface area contributed by atoms with Crippen LogP contribution in [0.1, 0.15) is 45.1 Å². The highest BCUT2D eigenvalue weighted by atomic mass is 32.1. The highest BCUT2D eigenvalue weighted by Crippen LogP contribution is 2.70. The van der Waals surface area contributed by atoms with Crippen molar-refractivity contribution in [2.45, 2.75) is 57.8 Å². The fourth-order valence-corrected chi connectivity index (χ4v) is 9.27. The zero-order valence-electron chi connectivity index (χ0n) is 20.0. The molecule has 1 aromatic rings. The topological polar surface area (TPSA) is 76.1 Å². The number of ketones is 1. The molecule has 0 aromatic carbocycles. The minimum atomic E-state index is -1.08. The third-order valence-corrected chi connectivity index (χ3v) is 10.7. The zero-order valence-corrected chi connectivity index (χ0v) is 20.8. The second-order valence-corrected chi connectivity index (χ2v) is 12.2. The van der Waals surface area contributed by atoms with Gasteiger partial charge in [-0.2, -0.15) is 16.4 Å². The lowest BCUT2D eigenvalue weighted by Gasteiger charge is -2.59. The van der Waals surface area contributed by atoms with Crippen molar-refractivity contribution in [2.75, 3.05) is 13.7 Å². The number of esters is 1. The molecule has 0 amide bonds. The van der Waals surface area contributed by atoms with E-state index >= 15 is 0 Å². The molecule has 7 heteroatoms. The minimum absolute atomic E-state index is 0.0211. The smallest absolute Gasteiger partial charge is 0.341 e. The summed E-state index contributed by atoms with van der Waals surface area (Å²) < 4.78 is 5.40. The van der Waals surface area contributed by atoms with Crippen LogP contribution >= 0.6 is 11.3 Å². The second-order valence-electron chi connectivity index (χ2n) is 11.4. The summed E-state index contributed by atoms with van der Waals surface area (Å²) in [6, 6.07) is 2.09. The third kappa shape index (κ3) is 2.84. The van der Waals surface area contributed by atoms with Crippen LogP contribution in [0, 0.1) is 34.5 Å². The first kappa shape index (κ1) is 22.7. The Morgan fingerprint density at radius 3 is 2.94 bits per heavy atom. The van der Waals surface area contributed by atoms with Gasteiger partial charge in [0.1, 0.15) is 0 Å². The molecule has 182 valence electrons. The first-order valence-electron chi connectivity index (χ1n) is 12.4. The minimum Gasteiger partial charge on any atom is -0.467 e. The van der Waals surface area contributed by atoms with Crippen LogP contribution in [-0.2, 0) is 25.7 Å². The SMILES string of the molecule is COC(=O)[C@@]12ON(Cc3ccsc3)C[C@@H]1C[C@H]1[C@@H]3CCC4=CC(=O)C=C[C@]4(C)[C@H]3[C@@H](O)C[C@@]12C. The van der Waals surface area contributed by atoms with E-state index in [1.807, 2.05) is 11.1 Å². The third-order valence-electron chi connectivity index (χ3n) is 9.97. The maximum absolute atomic E-state index is 13.5. The van der Waals surface area contributed by atoms with Gasteiger partial charge in [0.25, 0.3) is 0 Å². The summed E-state index contributed by atoms with van der Waals surface area (Å²) in [5, 5.41) is 17.8. The number of rotatable bonds is 3. The maximum atomic E-state index is 13.5. The summed E-state index contributed by atoms with van der Waals surface area (Å²) in [5.74, 6) is 0.289. The van der Waals surface area contributed by atoms with Crippen molar-refractivity contribution in [3.63, 3.8) is 0 Å². The van der Waals surface area contributed by atoms with Gasteiger partial charge in [-0.3, -0.25) is 9.63 Å². The fraction of sp³-hybridized carbons (Fsp3) is 0.630. The standard InChI is InChI=1S/C27H33NO5S/c1-25-8-6-19(29)10-17(25)4-5-20-21-11-18-14-28(13-16-7-9-34-15-16)33-27(18,24(31)32-3)26(21,2)12-22(30)23(20)25/h6-10,15,18,20-23,30H,4-5,11-14H2,1-3H3/t18-,20-,21-,22-,23+,25-,26-,27-/m0/s1. The van der Waals surface area contributed by atoms with Gasteiger partial charge in [-0.25, -0.2) is 4.79 Å². The van der Waals surface area contributed by atoms with Crippen LogP contribution in [-0.4, -0.2) is 47.3 Å². The summed E-state index contributed by atoms with van der Waals surface area (Å²) in [6.45, 7) is 5.64. The van der Waals surface area contributed by atoms with Crippen molar-refractivity contribution in [2.24, 2.45) is 34.5 Å². The number of allylic oxidation sites excluding steroid dienone is 4. The summed E-state index contributed by atoms with van der Waals surface area (Å²) in [7, 11) is 1.44. The molecule has 0 unspecified atom stereocenters. The number of aliphatic hydroxyl groups excluding tert-OH is 1. The van der Waals surface area contributed by atoms with E-state index in [0.29, 0.717) is 19.5 Å². The molecular weight excluding hydrogens is 450 g/mol. The quantitative estimate of drug-likeness (QED) is 0.657. The molecule has 6 nitrogen and oxygen atoms in total. The number of hydroxylamine groups is 2. The van der Waals surface area contributed by atoms with E-state index < -0.39 is 17.1 Å². The first-order chi connectivity index (χ1) is 16.2. The van der Waals surface area contributed by atoms with Gasteiger partial charge in [0.2, 0.25) is 0 Å². The van der Waals surface area contributed by atoms with Crippen LogP contribution in [0.3, 0.4) is 0 Å². The molecule has 3 saturated carbocycles. The van der Waals surface area contributed by atoms with E-state index in [2.05, 4.69) is 30.7 Å². The molecule has 1 aromatic heterocycles. The average molecular weight is 484 g/mol. The number of carbonyl (C=O) groups is 2. The lowest BCUT2D eigenvalue weighted by molar-refractivity contribution is -0.263. The summed E-state index contributed by atoms with van der Waals surface area (Å²) in [4.78, 5) is 32.2. The van der Waals surface area contributed by atoms with E-state index in [-0.39, 0.29) is 40.8 Å². The normalized spacial score (nSPS) is 45.2. The summed E-state index contributed by atoms with van der Waals surface area (Å²) in [6.07, 6.45) is 8.03. The number of carbonyl (C=O) groups excluding carboxylic acids is 2. The number of hydrogen-bond acceptors (Lipinski definition) is 7. The number of nitrogens with zero attached hydrogens (tertiary/aromatic N) is 1. The van der Waals surface area contributed by atoms with Gasteiger partial charge in [-0.1, -0.05) is 25.5 Å². The number of thiophene rings is 1. The Hall–Kier alpha value is -1.80. The lowest BCUT2D eigenvalue weighted by atomic mass is 9.46. The molecular formula is C27H33NO5S. The lowest BCUT2D eigenvalue weighted by Crippen LogP contribution is -2.62. The number of hydrogen-bond donors (Lipinski definition) is 1. The first-order valence-corrected chi connectivity index (χ1v) is 13.3. The van der Waals surface area contributed by atoms with Crippen LogP contribution < -0.4 is 0 Å². The fourth-order valence-electron chi connectivity index (χ4n) is 8.61. The van der Waals surface area contributed by atoms with Crippen molar-refractivity contribution >= 4 is 23.1 Å². The van der Waals surface area contributed by atoms with Crippen LogP contribution in [0.25, 0.3) is 0 Å². The predicted octanol–water partition coefficient (Wildman–Crippen LogP) is 3.91. The molecule has 1 N–H and O–H groups in total. The largest absolute Gasteiger partial charge is 0.467 e. The van der Waals surface area contributed by atoms with Crippen molar-refractivity contribution in [3.8, 4) is 0 Å². The van der Waals surface area contributed by atoms with Crippen LogP contribution in [0.15, 0.2) is 40.6 Å². The van der Waals surface area contributed by atoms with E-state index in [4.69, 9.17) is 9.57 Å². The molecule has 1 saturated heterocycles. The molecule has 5 aliphatic rings. The number of aliphatic hydroxyl groups is 1. The van der Waals surface area contributed by atoms with Crippen molar-refractivity contribution in [1.82, 2.24) is 5.06 Å². The van der Waals surface area contributed by atoms with E-state index in [0.717, 1.165) is 24.8 Å². The van der Waals surface area contributed by atoms with E-state index in [1.54, 1.807) is 23.5 Å². The number of fused-ring (bicyclic) bond motifs is 7. The maximum Gasteiger partial charge on any atom is 0.341 e. The second kappa shape index (κ2) is 7.60. The van der Waals surface area contributed by atoms with Gasteiger partial charge in [-0.15, -0.1) is 0 Å². The van der Waals surface area contributed by atoms with Gasteiger partial charge >= 0.3 is 5.97 Å². The Balaban J connectivity index is 1.37. The van der Waals surface area contributed by atoms with Gasteiger partial charge in [0, 0.05) is 35.8 Å². The molecule has 6 rings (SSSR count). The summed E-state index contributed by atoms with van der Waals surface area (Å²) in [5.41, 5.74) is 0.390. The van der Waals surface area contributed by atoms with Gasteiger partial charge in [0.15, 0.2) is 11.4 Å². The Kier molecular flexibility index (Phi) is 5.06. The predicted molar refractivity (Wildman–Crippen MR) is 127 cm³/mol. The Morgan fingerprint density at radius 1 is 1.38 bits per heavy atom. The monoisotopic (exact) mass is 483 g/mol. The Morgan fingerprint density at radius 2 is 2.21 bits per heavy atom. The molecule has 4 fully saturated rings. The van der Waals surface area contributed by atoms with Crippen LogP contribution in [0.4, 0.5) is 0 Å². The average Bonchev–Trinajstić information content (AvgIpc) is 3.49. The van der Waals surface area contributed by atoms with Gasteiger partial charge in [0.05, 0.1) is 13.2 Å². The molecule has 1 aliphatic heterocycles. The summed E-state index contributed by atoms with van der Waals surface area (Å²) >= 11 is 1.66. The van der Waals surface area contributed by atoms with E-state index in [9.17, 15) is 14.7 Å². The Bertz CT molecular complexity index is 1080. The van der Waals surface area contributed by atoms with Gasteiger partial charge < -0.3 is 9.84 Å². The molecule has 0 spiro atoms. The zero-order chi connectivity index (χ0) is 23.9. The number of methoxy groups -OCH3 is 1.